The van der Waals surface area contributed by atoms with E-state index in [0.29, 0.717) is 19.2 Å². The fourth-order valence-corrected chi connectivity index (χ4v) is 0.769. The van der Waals surface area contributed by atoms with Crippen LogP contribution in [0.25, 0.3) is 0 Å². The largest absolute Gasteiger partial charge is 0.472 e. The molecule has 4 N–H and O–H groups in total. The van der Waals surface area contributed by atoms with Gasteiger partial charge < -0.3 is 20.8 Å². The van der Waals surface area contributed by atoms with Crippen LogP contribution in [0.5, 0.6) is 0 Å². The van der Waals surface area contributed by atoms with Crippen molar-refractivity contribution < 1.29 is 4.42 Å². The summed E-state index contributed by atoms with van der Waals surface area (Å²) in [7, 11) is 1.79. The number of nitrogens with zero attached hydrogens (tertiary/aromatic N) is 2. The van der Waals surface area contributed by atoms with Gasteiger partial charge in [0, 0.05) is 12.6 Å². The van der Waals surface area contributed by atoms with Crippen LogP contribution in [0.3, 0.4) is 0 Å². The van der Waals surface area contributed by atoms with Crippen LogP contribution < -0.4 is 11.5 Å². The Balaban J connectivity index is 2.48. The van der Waals surface area contributed by atoms with Crippen molar-refractivity contribution in [3.8, 4) is 0 Å². The van der Waals surface area contributed by atoms with Crippen molar-refractivity contribution in [3.05, 3.63) is 24.2 Å². The van der Waals surface area contributed by atoms with Crippen LogP contribution >= 0.6 is 0 Å². The normalized spacial score (nSPS) is 11.7. The van der Waals surface area contributed by atoms with Gasteiger partial charge in [-0.25, -0.2) is 4.99 Å². The summed E-state index contributed by atoms with van der Waals surface area (Å²) in [4.78, 5) is 5.78. The number of guanidine groups is 1. The minimum absolute atomic E-state index is 0.362. The first-order valence-electron chi connectivity index (χ1n) is 3.96. The van der Waals surface area contributed by atoms with Crippen LogP contribution in [-0.4, -0.2) is 24.6 Å². The Bertz CT molecular complexity index is 268. The molecule has 0 unspecified atom stereocenters. The molecule has 0 aromatic carbocycles. The van der Waals surface area contributed by atoms with Crippen molar-refractivity contribution in [3.63, 3.8) is 0 Å². The zero-order chi connectivity index (χ0) is 9.68. The predicted octanol–water partition coefficient (Wildman–Crippen LogP) is -0.0577. The van der Waals surface area contributed by atoms with E-state index < -0.39 is 0 Å². The molecule has 0 fully saturated rings. The summed E-state index contributed by atoms with van der Waals surface area (Å²) in [5, 5.41) is 0. The number of hydrogen-bond acceptors (Lipinski definition) is 3. The van der Waals surface area contributed by atoms with E-state index in [0.717, 1.165) is 5.56 Å². The Morgan fingerprint density at radius 2 is 2.46 bits per heavy atom. The van der Waals surface area contributed by atoms with Crippen LogP contribution in [0.15, 0.2) is 28.0 Å². The molecule has 0 aliphatic heterocycles. The van der Waals surface area contributed by atoms with Gasteiger partial charge in [-0.05, 0) is 6.07 Å². The van der Waals surface area contributed by atoms with E-state index in [1.54, 1.807) is 24.5 Å². The van der Waals surface area contributed by atoms with Gasteiger partial charge in [-0.2, -0.15) is 0 Å². The summed E-state index contributed by atoms with van der Waals surface area (Å²) in [5.74, 6) is 0.434. The first-order valence-corrected chi connectivity index (χ1v) is 3.96. The van der Waals surface area contributed by atoms with E-state index >= 15 is 0 Å². The summed E-state index contributed by atoms with van der Waals surface area (Å²) < 4.78 is 4.89. The Labute approximate surface area is 77.0 Å². The molecule has 13 heavy (non-hydrogen) atoms. The van der Waals surface area contributed by atoms with E-state index in [4.69, 9.17) is 15.9 Å². The molecule has 0 spiro atoms. The van der Waals surface area contributed by atoms with Crippen molar-refractivity contribution in [2.75, 3.05) is 13.7 Å². The number of furan rings is 1. The fourth-order valence-electron chi connectivity index (χ4n) is 0.769. The Morgan fingerprint density at radius 3 is 3.00 bits per heavy atom. The van der Waals surface area contributed by atoms with Gasteiger partial charge >= 0.3 is 0 Å². The van der Waals surface area contributed by atoms with Crippen LogP contribution in [0.4, 0.5) is 0 Å². The lowest BCUT2D eigenvalue weighted by atomic mass is 10.3. The van der Waals surface area contributed by atoms with Crippen molar-refractivity contribution in [2.24, 2.45) is 16.5 Å². The molecule has 1 heterocycles. The summed E-state index contributed by atoms with van der Waals surface area (Å²) in [6.07, 6.45) is 3.24. The molecule has 5 nitrogen and oxygen atoms in total. The molecule has 1 rings (SSSR count). The minimum atomic E-state index is 0.362. The first-order chi connectivity index (χ1) is 6.24. The molecule has 0 amide bonds. The highest BCUT2D eigenvalue weighted by Gasteiger charge is 1.98. The lowest BCUT2D eigenvalue weighted by Crippen LogP contribution is -2.37. The van der Waals surface area contributed by atoms with Gasteiger partial charge in [-0.15, -0.1) is 0 Å². The van der Waals surface area contributed by atoms with Gasteiger partial charge in [0.15, 0.2) is 5.96 Å². The van der Waals surface area contributed by atoms with Gasteiger partial charge in [0.05, 0.1) is 25.7 Å². The minimum Gasteiger partial charge on any atom is -0.472 e. The average Bonchev–Trinajstić information content (AvgIpc) is 2.65. The van der Waals surface area contributed by atoms with Gasteiger partial charge in [0.25, 0.3) is 0 Å². The molecular weight excluding hydrogens is 168 g/mol. The molecule has 0 saturated heterocycles. The molecule has 1 aromatic rings. The molecule has 5 heteroatoms. The first kappa shape index (κ1) is 9.60. The van der Waals surface area contributed by atoms with Crippen LogP contribution in [0, 0.1) is 0 Å². The van der Waals surface area contributed by atoms with Crippen molar-refractivity contribution in [1.82, 2.24) is 4.90 Å². The molecule has 72 valence electrons. The number of aliphatic imine (C=N–C) groups is 1. The Kier molecular flexibility index (Phi) is 3.33. The van der Waals surface area contributed by atoms with E-state index in [1.807, 2.05) is 6.07 Å². The van der Waals surface area contributed by atoms with Crippen LogP contribution in [0.2, 0.25) is 0 Å². The lowest BCUT2D eigenvalue weighted by Gasteiger charge is -2.14. The second kappa shape index (κ2) is 4.51. The number of rotatable bonds is 3. The molecular formula is C8H14N4O. The highest BCUT2D eigenvalue weighted by atomic mass is 16.3. The van der Waals surface area contributed by atoms with E-state index in [1.165, 1.54) is 0 Å². The zero-order valence-corrected chi connectivity index (χ0v) is 7.60. The summed E-state index contributed by atoms with van der Waals surface area (Å²) >= 11 is 0. The molecule has 0 radical (unpaired) electrons. The standard InChI is InChI=1S/C8H14N4O/c1-12(6-9)8(10)11-4-7-2-3-13-5-7/h2-3,5H,4,6,9H2,1H3,(H2,10,11). The average molecular weight is 182 g/mol. The smallest absolute Gasteiger partial charge is 0.192 e. The maximum absolute atomic E-state index is 5.61. The monoisotopic (exact) mass is 182 g/mol. The van der Waals surface area contributed by atoms with Crippen LogP contribution in [0.1, 0.15) is 5.56 Å². The molecule has 1 aromatic heterocycles. The highest BCUT2D eigenvalue weighted by molar-refractivity contribution is 5.77. The van der Waals surface area contributed by atoms with Crippen molar-refractivity contribution in [1.29, 1.82) is 0 Å². The predicted molar refractivity (Wildman–Crippen MR) is 50.9 cm³/mol. The second-order valence-electron chi connectivity index (χ2n) is 2.69. The Hall–Kier alpha value is -1.49. The van der Waals surface area contributed by atoms with Gasteiger partial charge in [-0.1, -0.05) is 0 Å². The molecule has 0 aliphatic carbocycles. The maximum atomic E-state index is 5.61. The molecule has 0 saturated carbocycles. The molecule has 0 aliphatic rings. The van der Waals surface area contributed by atoms with E-state index in [2.05, 4.69) is 4.99 Å². The Morgan fingerprint density at radius 1 is 1.69 bits per heavy atom. The topological polar surface area (TPSA) is 80.8 Å². The van der Waals surface area contributed by atoms with Gasteiger partial charge in [0.2, 0.25) is 0 Å². The SMILES string of the molecule is CN(CN)C(N)=NCc1ccoc1. The number of hydrogen-bond donors (Lipinski definition) is 2. The third-order valence-electron chi connectivity index (χ3n) is 1.67. The summed E-state index contributed by atoms with van der Waals surface area (Å²) in [6.45, 7) is 0.882. The summed E-state index contributed by atoms with van der Waals surface area (Å²) in [5.41, 5.74) is 12.0. The highest BCUT2D eigenvalue weighted by Crippen LogP contribution is 2.01. The van der Waals surface area contributed by atoms with Gasteiger partial charge in [-0.3, -0.25) is 0 Å². The summed E-state index contributed by atoms with van der Waals surface area (Å²) in [6, 6.07) is 1.85. The maximum Gasteiger partial charge on any atom is 0.192 e. The molecule has 0 bridgehead atoms. The van der Waals surface area contributed by atoms with Crippen molar-refractivity contribution in [2.45, 2.75) is 6.54 Å². The number of nitrogens with two attached hydrogens (primary N) is 2. The van der Waals surface area contributed by atoms with Crippen molar-refractivity contribution >= 4 is 5.96 Å². The fraction of sp³-hybridized carbons (Fsp3) is 0.375. The van der Waals surface area contributed by atoms with E-state index in [-0.39, 0.29) is 0 Å². The lowest BCUT2D eigenvalue weighted by molar-refractivity contribution is 0.512. The van der Waals surface area contributed by atoms with E-state index in [9.17, 15) is 0 Å². The third-order valence-corrected chi connectivity index (χ3v) is 1.67. The second-order valence-corrected chi connectivity index (χ2v) is 2.69. The van der Waals surface area contributed by atoms with Crippen LogP contribution in [-0.2, 0) is 6.54 Å². The van der Waals surface area contributed by atoms with Gasteiger partial charge in [0.1, 0.15) is 0 Å². The zero-order valence-electron chi connectivity index (χ0n) is 7.60. The third kappa shape index (κ3) is 2.79. The molecule has 0 atom stereocenters. The quantitative estimate of drug-likeness (QED) is 0.390.